The van der Waals surface area contributed by atoms with Crippen molar-refractivity contribution in [1.29, 1.82) is 0 Å². The summed E-state index contributed by atoms with van der Waals surface area (Å²) < 4.78 is 0. The second-order valence-corrected chi connectivity index (χ2v) is 8.84. The number of piperazine rings is 1. The number of carbonyl (C=O) groups is 1. The number of para-hydroxylation sites is 1. The summed E-state index contributed by atoms with van der Waals surface area (Å²) in [6, 6.07) is 9.86. The molecule has 6 nitrogen and oxygen atoms in total. The lowest BCUT2D eigenvalue weighted by atomic mass is 10.2. The van der Waals surface area contributed by atoms with Gasteiger partial charge in [-0.1, -0.05) is 18.2 Å². The lowest BCUT2D eigenvalue weighted by Crippen LogP contribution is -2.51. The van der Waals surface area contributed by atoms with E-state index in [4.69, 9.17) is 9.97 Å². The normalized spacial score (nSPS) is 20.6. The summed E-state index contributed by atoms with van der Waals surface area (Å²) >= 11 is 1.84. The number of hydrogen-bond donors (Lipinski definition) is 1. The van der Waals surface area contributed by atoms with Crippen LogP contribution in [0.1, 0.15) is 25.5 Å². The predicted octanol–water partition coefficient (Wildman–Crippen LogP) is 2.94. The molecule has 1 saturated carbocycles. The van der Waals surface area contributed by atoms with Crippen LogP contribution in [0, 0.1) is 0 Å². The fourth-order valence-corrected chi connectivity index (χ4v) is 4.65. The van der Waals surface area contributed by atoms with E-state index in [1.165, 1.54) is 17.7 Å². The molecule has 0 radical (unpaired) electrons. The molecule has 1 aromatic heterocycles. The third kappa shape index (κ3) is 3.25. The van der Waals surface area contributed by atoms with Crippen LogP contribution >= 0.6 is 11.8 Å². The van der Waals surface area contributed by atoms with Gasteiger partial charge >= 0.3 is 0 Å². The van der Waals surface area contributed by atoms with Crippen LogP contribution in [0.3, 0.4) is 0 Å². The fourth-order valence-electron chi connectivity index (χ4n) is 3.60. The van der Waals surface area contributed by atoms with Crippen molar-refractivity contribution in [1.82, 2.24) is 9.97 Å². The molecule has 7 heteroatoms. The minimum atomic E-state index is 0.0922. The van der Waals surface area contributed by atoms with Gasteiger partial charge in [0.1, 0.15) is 12.4 Å². The predicted molar refractivity (Wildman–Crippen MR) is 109 cm³/mol. The molecule has 2 fully saturated rings. The van der Waals surface area contributed by atoms with Crippen molar-refractivity contribution >= 4 is 35.1 Å². The zero-order chi connectivity index (χ0) is 18.4. The van der Waals surface area contributed by atoms with Gasteiger partial charge < -0.3 is 15.1 Å². The number of aromatic nitrogens is 2. The zero-order valence-corrected chi connectivity index (χ0v) is 16.3. The second-order valence-electron chi connectivity index (χ2n) is 7.73. The highest BCUT2D eigenvalue weighted by Gasteiger charge is 2.39. The van der Waals surface area contributed by atoms with Crippen LogP contribution in [0.15, 0.2) is 35.2 Å². The lowest BCUT2D eigenvalue weighted by molar-refractivity contribution is -0.117. The van der Waals surface area contributed by atoms with Crippen molar-refractivity contribution < 1.29 is 4.79 Å². The number of amides is 1. The number of aryl methyl sites for hydroxylation is 1. The van der Waals surface area contributed by atoms with E-state index < -0.39 is 0 Å². The number of benzene rings is 1. The number of nitrogens with one attached hydrogen (secondary N) is 1. The van der Waals surface area contributed by atoms with Gasteiger partial charge in [0.15, 0.2) is 0 Å². The van der Waals surface area contributed by atoms with Gasteiger partial charge in [0.2, 0.25) is 11.9 Å². The molecule has 2 aromatic rings. The fraction of sp³-hybridized carbons (Fsp3) is 0.450. The van der Waals surface area contributed by atoms with Crippen molar-refractivity contribution in [2.24, 2.45) is 0 Å². The van der Waals surface area contributed by atoms with Gasteiger partial charge in [0, 0.05) is 36.5 Å². The average molecular weight is 382 g/mol. The molecule has 0 unspecified atom stereocenters. The van der Waals surface area contributed by atoms with E-state index in [1.807, 2.05) is 51.9 Å². The van der Waals surface area contributed by atoms with E-state index in [-0.39, 0.29) is 11.4 Å². The minimum Gasteiger partial charge on any atom is -0.364 e. The van der Waals surface area contributed by atoms with Crippen molar-refractivity contribution in [2.75, 3.05) is 40.5 Å². The van der Waals surface area contributed by atoms with Crippen molar-refractivity contribution in [3.05, 3.63) is 36.0 Å². The Balaban J connectivity index is 1.39. The zero-order valence-electron chi connectivity index (χ0n) is 15.4. The van der Waals surface area contributed by atoms with Crippen molar-refractivity contribution in [3.8, 4) is 0 Å². The van der Waals surface area contributed by atoms with Crippen LogP contribution in [0.2, 0.25) is 0 Å². The number of anilines is 3. The minimum absolute atomic E-state index is 0.0922. The summed E-state index contributed by atoms with van der Waals surface area (Å²) in [5, 5.41) is 3.62. The first-order valence-electron chi connectivity index (χ1n) is 9.54. The van der Waals surface area contributed by atoms with Gasteiger partial charge in [0.25, 0.3) is 0 Å². The third-order valence-electron chi connectivity index (χ3n) is 5.50. The van der Waals surface area contributed by atoms with E-state index in [9.17, 15) is 4.79 Å². The van der Waals surface area contributed by atoms with Crippen molar-refractivity contribution in [3.63, 3.8) is 0 Å². The number of carbonyl (C=O) groups excluding carboxylic acids is 1. The maximum atomic E-state index is 12.7. The van der Waals surface area contributed by atoms with E-state index >= 15 is 0 Å². The number of nitrogens with zero attached hydrogens (tertiary/aromatic N) is 4. The summed E-state index contributed by atoms with van der Waals surface area (Å²) in [5.41, 5.74) is 2.25. The maximum absolute atomic E-state index is 12.7. The van der Waals surface area contributed by atoms with Gasteiger partial charge in [-0.25, -0.2) is 4.98 Å². The Kier molecular flexibility index (Phi) is 4.00. The first kappa shape index (κ1) is 16.9. The highest BCUT2D eigenvalue weighted by atomic mass is 32.2. The molecule has 5 rings (SSSR count). The monoisotopic (exact) mass is 381 g/mol. The Morgan fingerprint density at radius 1 is 1.15 bits per heavy atom. The molecule has 3 aliphatic rings. The molecule has 1 N–H and O–H groups in total. The molecule has 1 aliphatic carbocycles. The van der Waals surface area contributed by atoms with Crippen molar-refractivity contribution in [2.45, 2.75) is 36.6 Å². The van der Waals surface area contributed by atoms with Crippen LogP contribution in [0.5, 0.6) is 0 Å². The SMILES string of the molecule is CC1(Nc2nc(N3CCN(c4ccccc4)C(=O)C3)nc3c2SCC3)CC1. The summed E-state index contributed by atoms with van der Waals surface area (Å²) in [7, 11) is 0. The van der Waals surface area contributed by atoms with Gasteiger partial charge in [-0.15, -0.1) is 11.8 Å². The van der Waals surface area contributed by atoms with Gasteiger partial charge in [-0.05, 0) is 31.9 Å². The summed E-state index contributed by atoms with van der Waals surface area (Å²) in [6.45, 7) is 3.95. The summed E-state index contributed by atoms with van der Waals surface area (Å²) in [5.74, 6) is 2.79. The van der Waals surface area contributed by atoms with Crippen LogP contribution in [0.4, 0.5) is 17.5 Å². The van der Waals surface area contributed by atoms with Gasteiger partial charge in [-0.2, -0.15) is 4.98 Å². The highest BCUT2D eigenvalue weighted by molar-refractivity contribution is 7.99. The number of rotatable bonds is 4. The molecule has 1 amide bonds. The summed E-state index contributed by atoms with van der Waals surface area (Å²) in [6.07, 6.45) is 3.33. The first-order valence-corrected chi connectivity index (χ1v) is 10.5. The quantitative estimate of drug-likeness (QED) is 0.879. The first-order chi connectivity index (χ1) is 13.1. The Morgan fingerprint density at radius 3 is 2.70 bits per heavy atom. The molecule has 0 spiro atoms. The average Bonchev–Trinajstić information content (AvgIpc) is 3.20. The molecule has 140 valence electrons. The number of hydrogen-bond acceptors (Lipinski definition) is 6. The Hall–Kier alpha value is -2.28. The molecule has 1 saturated heterocycles. The second kappa shape index (κ2) is 6.41. The molecular formula is C20H23N5OS. The topological polar surface area (TPSA) is 61.4 Å². The molecule has 0 bridgehead atoms. The van der Waals surface area contributed by atoms with Gasteiger partial charge in [0.05, 0.1) is 10.6 Å². The molecule has 27 heavy (non-hydrogen) atoms. The van der Waals surface area contributed by atoms with Crippen LogP contribution in [-0.4, -0.2) is 46.8 Å². The Labute approximate surface area is 163 Å². The Morgan fingerprint density at radius 2 is 1.96 bits per heavy atom. The molecule has 2 aliphatic heterocycles. The van der Waals surface area contributed by atoms with Crippen LogP contribution in [0.25, 0.3) is 0 Å². The molecular weight excluding hydrogens is 358 g/mol. The number of fused-ring (bicyclic) bond motifs is 1. The Bertz CT molecular complexity index is 883. The lowest BCUT2D eigenvalue weighted by Gasteiger charge is -2.34. The largest absolute Gasteiger partial charge is 0.364 e. The van der Waals surface area contributed by atoms with Gasteiger partial charge in [-0.3, -0.25) is 4.79 Å². The molecule has 0 atom stereocenters. The standard InChI is InChI=1S/C20H23N5OS/c1-20(8-9-20)23-18-17-15(7-12-27-17)21-19(22-18)24-10-11-25(16(26)13-24)14-5-3-2-4-6-14/h2-6H,7-13H2,1H3,(H,21,22,23). The third-order valence-corrected chi connectivity index (χ3v) is 6.63. The van der Waals surface area contributed by atoms with E-state index in [0.29, 0.717) is 19.0 Å². The van der Waals surface area contributed by atoms with E-state index in [2.05, 4.69) is 12.2 Å². The van der Waals surface area contributed by atoms with E-state index in [1.54, 1.807) is 0 Å². The molecule has 3 heterocycles. The highest BCUT2D eigenvalue weighted by Crippen LogP contribution is 2.43. The maximum Gasteiger partial charge on any atom is 0.246 e. The summed E-state index contributed by atoms with van der Waals surface area (Å²) in [4.78, 5) is 27.5. The van der Waals surface area contributed by atoms with Crippen LogP contribution in [-0.2, 0) is 11.2 Å². The molecule has 1 aromatic carbocycles. The smallest absolute Gasteiger partial charge is 0.246 e. The number of thioether (sulfide) groups is 1. The van der Waals surface area contributed by atoms with Crippen LogP contribution < -0.4 is 15.1 Å². The van der Waals surface area contributed by atoms with E-state index in [0.717, 1.165) is 35.9 Å².